The average molecular weight is 356 g/mol. The van der Waals surface area contributed by atoms with Gasteiger partial charge in [-0.3, -0.25) is 4.90 Å². The molecule has 0 saturated carbocycles. The Labute approximate surface area is 149 Å². The van der Waals surface area contributed by atoms with E-state index in [9.17, 15) is 15.2 Å². The summed E-state index contributed by atoms with van der Waals surface area (Å²) in [5.74, 6) is 0.340. The Kier molecular flexibility index (Phi) is 3.96. The molecule has 1 aliphatic heterocycles. The zero-order valence-electron chi connectivity index (χ0n) is 14.4. The summed E-state index contributed by atoms with van der Waals surface area (Å²) in [5.41, 5.74) is 1.35. The predicted octanol–water partition coefficient (Wildman–Crippen LogP) is 1.20. The van der Waals surface area contributed by atoms with E-state index in [4.69, 9.17) is 4.74 Å². The summed E-state index contributed by atoms with van der Waals surface area (Å²) in [6.45, 7) is 3.01. The second-order valence-electron chi connectivity index (χ2n) is 6.42. The summed E-state index contributed by atoms with van der Waals surface area (Å²) in [6, 6.07) is 11.5. The molecule has 4 rings (SSSR count). The fourth-order valence-corrected chi connectivity index (χ4v) is 3.15. The molecule has 0 radical (unpaired) electrons. The maximum Gasteiger partial charge on any atom is 0.552 e. The van der Waals surface area contributed by atoms with Crippen LogP contribution in [0.3, 0.4) is 0 Å². The van der Waals surface area contributed by atoms with Crippen molar-refractivity contribution in [3.8, 4) is 5.75 Å². The molecule has 1 saturated heterocycles. The largest absolute Gasteiger partial charge is 0.552 e. The highest BCUT2D eigenvalue weighted by Gasteiger charge is 2.23. The Balaban J connectivity index is 1.76. The third-order valence-electron chi connectivity index (χ3n) is 4.71. The summed E-state index contributed by atoms with van der Waals surface area (Å²) in [6.07, 6.45) is -0.183. The van der Waals surface area contributed by atoms with Crippen LogP contribution in [0.2, 0.25) is 0 Å². The van der Waals surface area contributed by atoms with Crippen molar-refractivity contribution in [2.24, 2.45) is 0 Å². The van der Waals surface area contributed by atoms with Gasteiger partial charge in [0.25, 0.3) is 11.0 Å². The van der Waals surface area contributed by atoms with Crippen LogP contribution in [0.5, 0.6) is 5.75 Å². The highest BCUT2D eigenvalue weighted by atomic mass is 16.6. The quantitative estimate of drug-likeness (QED) is 0.296. The maximum absolute atomic E-state index is 12.5. The van der Waals surface area contributed by atoms with Crippen molar-refractivity contribution in [2.45, 2.75) is 0 Å². The summed E-state index contributed by atoms with van der Waals surface area (Å²) >= 11 is 0. The van der Waals surface area contributed by atoms with Crippen LogP contribution in [-0.4, -0.2) is 63.8 Å². The number of hydrogen-bond donors (Lipinski definition) is 2. The number of nitrogens with zero attached hydrogens (tertiary/aromatic N) is 4. The highest BCUT2D eigenvalue weighted by molar-refractivity contribution is 5.83. The van der Waals surface area contributed by atoms with Gasteiger partial charge in [0.1, 0.15) is 5.75 Å². The minimum Gasteiger partial charge on any atom is -0.430 e. The van der Waals surface area contributed by atoms with Gasteiger partial charge < -0.3 is 15.1 Å². The van der Waals surface area contributed by atoms with Crippen LogP contribution in [0, 0.1) is 4.91 Å². The zero-order valence-corrected chi connectivity index (χ0v) is 14.4. The van der Waals surface area contributed by atoms with E-state index in [1.54, 1.807) is 41.0 Å². The number of fused-ring (bicyclic) bond motifs is 2. The molecular weight excluding hydrogens is 336 g/mol. The van der Waals surface area contributed by atoms with Crippen molar-refractivity contribution in [2.75, 3.05) is 33.2 Å². The topological polar surface area (TPSA) is 83.8 Å². The van der Waals surface area contributed by atoms with Crippen molar-refractivity contribution in [3.05, 3.63) is 47.4 Å². The van der Waals surface area contributed by atoms with Gasteiger partial charge in [-0.25, -0.2) is 0 Å². The van der Waals surface area contributed by atoms with E-state index in [1.807, 2.05) is 7.05 Å². The van der Waals surface area contributed by atoms with E-state index in [0.29, 0.717) is 40.9 Å². The molecule has 134 valence electrons. The van der Waals surface area contributed by atoms with Gasteiger partial charge in [-0.05, 0) is 19.2 Å². The van der Waals surface area contributed by atoms with E-state index >= 15 is 0 Å². The SMILES string of the molecule is CN1CC[N+](=C(O)Oc2ccc3c(c2)n(O)c2ccccc2[n+]3=O)CC1. The lowest BCUT2D eigenvalue weighted by atomic mass is 10.2. The Bertz CT molecular complexity index is 1080. The molecule has 0 unspecified atom stereocenters. The van der Waals surface area contributed by atoms with Crippen molar-refractivity contribution < 1.29 is 24.1 Å². The Morgan fingerprint density at radius 3 is 2.54 bits per heavy atom. The number of rotatable bonds is 1. The number of piperazine rings is 1. The fraction of sp³-hybridized carbons (Fsp3) is 0.278. The highest BCUT2D eigenvalue weighted by Crippen LogP contribution is 2.21. The molecule has 1 aromatic heterocycles. The smallest absolute Gasteiger partial charge is 0.430 e. The number of hydrogen-bond acceptors (Lipinski definition) is 4. The van der Waals surface area contributed by atoms with Crippen molar-refractivity contribution in [1.82, 2.24) is 9.63 Å². The number of aliphatic hydroxyl groups excluding tert-OH is 1. The van der Waals surface area contributed by atoms with Crippen molar-refractivity contribution >= 4 is 28.2 Å². The number of ether oxygens (including phenoxy) is 1. The van der Waals surface area contributed by atoms with Crippen LogP contribution in [0.4, 0.5) is 0 Å². The molecule has 0 atom stereocenters. The maximum atomic E-state index is 12.5. The van der Waals surface area contributed by atoms with Gasteiger partial charge in [-0.1, -0.05) is 12.1 Å². The molecule has 2 heterocycles. The zero-order chi connectivity index (χ0) is 18.3. The van der Waals surface area contributed by atoms with Crippen LogP contribution >= 0.6 is 0 Å². The number of para-hydroxylation sites is 2. The molecule has 26 heavy (non-hydrogen) atoms. The molecule has 2 N–H and O–H groups in total. The second kappa shape index (κ2) is 6.30. The van der Waals surface area contributed by atoms with Gasteiger partial charge >= 0.3 is 6.08 Å². The number of benzene rings is 2. The normalized spacial score (nSPS) is 15.5. The first-order valence-corrected chi connectivity index (χ1v) is 8.41. The molecule has 0 aliphatic carbocycles. The van der Waals surface area contributed by atoms with Gasteiger partial charge in [-0.2, -0.15) is 9.31 Å². The van der Waals surface area contributed by atoms with Gasteiger partial charge in [0, 0.05) is 23.1 Å². The predicted molar refractivity (Wildman–Crippen MR) is 95.8 cm³/mol. The van der Waals surface area contributed by atoms with Gasteiger partial charge in [0.2, 0.25) is 0 Å². The minimum atomic E-state index is -0.183. The van der Waals surface area contributed by atoms with E-state index in [0.717, 1.165) is 22.2 Å². The van der Waals surface area contributed by atoms with E-state index < -0.39 is 0 Å². The lowest BCUT2D eigenvalue weighted by Gasteiger charge is -2.19. The van der Waals surface area contributed by atoms with Crippen LogP contribution in [0.1, 0.15) is 0 Å². The lowest BCUT2D eigenvalue weighted by Crippen LogP contribution is -2.43. The first-order valence-electron chi connectivity index (χ1n) is 8.41. The molecule has 2 aromatic carbocycles. The fourth-order valence-electron chi connectivity index (χ4n) is 3.15. The van der Waals surface area contributed by atoms with Crippen LogP contribution in [0.25, 0.3) is 22.1 Å². The lowest BCUT2D eigenvalue weighted by molar-refractivity contribution is -0.553. The second-order valence-corrected chi connectivity index (χ2v) is 6.42. The molecular formula is C18H20N4O4+2. The number of aliphatic hydroxyl groups is 1. The van der Waals surface area contributed by atoms with Gasteiger partial charge in [-0.15, -0.1) is 0 Å². The van der Waals surface area contributed by atoms with Crippen molar-refractivity contribution in [1.29, 1.82) is 0 Å². The first-order chi connectivity index (χ1) is 12.5. The molecule has 0 bridgehead atoms. The van der Waals surface area contributed by atoms with E-state index in [-0.39, 0.29) is 6.08 Å². The molecule has 1 fully saturated rings. The summed E-state index contributed by atoms with van der Waals surface area (Å²) in [7, 11) is 2.03. The molecule has 0 amide bonds. The summed E-state index contributed by atoms with van der Waals surface area (Å²) in [5, 5.41) is 20.7. The first kappa shape index (κ1) is 16.3. The Hall–Kier alpha value is -3.13. The Morgan fingerprint density at radius 1 is 1.08 bits per heavy atom. The third-order valence-corrected chi connectivity index (χ3v) is 4.71. The van der Waals surface area contributed by atoms with E-state index in [2.05, 4.69) is 4.90 Å². The van der Waals surface area contributed by atoms with Gasteiger partial charge in [0.15, 0.2) is 24.1 Å². The summed E-state index contributed by atoms with van der Waals surface area (Å²) in [4.78, 5) is 14.7. The Morgan fingerprint density at radius 2 is 1.77 bits per heavy atom. The molecule has 8 nitrogen and oxygen atoms in total. The van der Waals surface area contributed by atoms with Crippen LogP contribution < -0.4 is 9.16 Å². The third kappa shape index (κ3) is 2.74. The van der Waals surface area contributed by atoms with Crippen LogP contribution in [0.15, 0.2) is 42.5 Å². The van der Waals surface area contributed by atoms with E-state index in [1.165, 1.54) is 6.07 Å². The molecule has 0 spiro atoms. The van der Waals surface area contributed by atoms with Crippen LogP contribution in [-0.2, 0) is 0 Å². The number of likely N-dealkylation sites (N-methyl/N-ethyl adjacent to an activating group) is 1. The number of aromatic nitrogens is 2. The minimum absolute atomic E-state index is 0.183. The van der Waals surface area contributed by atoms with Gasteiger partial charge in [0.05, 0.1) is 17.5 Å². The molecule has 8 heteroatoms. The monoisotopic (exact) mass is 356 g/mol. The summed E-state index contributed by atoms with van der Waals surface area (Å²) < 4.78 is 9.03. The molecule has 1 aliphatic rings. The standard InChI is InChI=1S/C18H19N4O4/c1-19-8-10-20(11-9-19)18(23)26-13-6-7-16-17(12-13)22(25)15-5-3-2-4-14(15)21(16)24/h2-7,12,25H,8-11H2,1H3/q+1/p+1. The molecule has 3 aromatic rings. The average Bonchev–Trinajstić information content (AvgIpc) is 2.66. The van der Waals surface area contributed by atoms with Crippen molar-refractivity contribution in [3.63, 3.8) is 0 Å².